The summed E-state index contributed by atoms with van der Waals surface area (Å²) in [7, 11) is 2.89. The average molecular weight is 369 g/mol. The molecule has 0 radical (unpaired) electrons. The van der Waals surface area contributed by atoms with Crippen molar-refractivity contribution >= 4 is 17.8 Å². The normalized spacial score (nSPS) is 13.8. The average Bonchev–Trinajstić information content (AvgIpc) is 3.24. The first-order valence-corrected chi connectivity index (χ1v) is 8.76. The molecule has 1 fully saturated rings. The van der Waals surface area contributed by atoms with Gasteiger partial charge in [-0.15, -0.1) is 0 Å². The van der Waals surface area contributed by atoms with E-state index in [1.165, 1.54) is 33.3 Å². The maximum absolute atomic E-state index is 12.2. The summed E-state index contributed by atoms with van der Waals surface area (Å²) in [4.78, 5) is 14.6. The highest BCUT2D eigenvalue weighted by molar-refractivity contribution is 5.95. The summed E-state index contributed by atoms with van der Waals surface area (Å²) < 4.78 is 10.2. The second-order valence-electron chi connectivity index (χ2n) is 6.21. The number of hydrogen-bond acceptors (Lipinski definition) is 6. The van der Waals surface area contributed by atoms with Gasteiger partial charge < -0.3 is 19.5 Å². The molecule has 1 amide bonds. The van der Waals surface area contributed by atoms with Gasteiger partial charge in [-0.05, 0) is 49.2 Å². The molecule has 0 unspecified atom stereocenters. The number of rotatable bonds is 6. The Labute approximate surface area is 158 Å². The van der Waals surface area contributed by atoms with Crippen molar-refractivity contribution in [2.45, 2.75) is 12.8 Å². The summed E-state index contributed by atoms with van der Waals surface area (Å²) >= 11 is 0. The van der Waals surface area contributed by atoms with E-state index in [-0.39, 0.29) is 23.2 Å². The van der Waals surface area contributed by atoms with Crippen molar-refractivity contribution in [3.8, 4) is 17.2 Å². The number of nitrogens with zero attached hydrogens (tertiary/aromatic N) is 2. The lowest BCUT2D eigenvalue weighted by Crippen LogP contribution is -2.19. The van der Waals surface area contributed by atoms with E-state index in [1.54, 1.807) is 24.3 Å². The van der Waals surface area contributed by atoms with E-state index < -0.39 is 0 Å². The zero-order valence-corrected chi connectivity index (χ0v) is 15.4. The third-order valence-corrected chi connectivity index (χ3v) is 4.48. The van der Waals surface area contributed by atoms with E-state index in [4.69, 9.17) is 9.47 Å². The lowest BCUT2D eigenvalue weighted by molar-refractivity contribution is 0.0955. The molecule has 0 aliphatic carbocycles. The van der Waals surface area contributed by atoms with Gasteiger partial charge in [0.15, 0.2) is 11.5 Å². The van der Waals surface area contributed by atoms with Crippen molar-refractivity contribution in [2.75, 3.05) is 32.2 Å². The number of ether oxygens (including phenoxy) is 2. The second kappa shape index (κ2) is 8.44. The fourth-order valence-corrected chi connectivity index (χ4v) is 3.02. The summed E-state index contributed by atoms with van der Waals surface area (Å²) in [5, 5.41) is 13.9. The first kappa shape index (κ1) is 18.6. The Hall–Kier alpha value is -3.22. The second-order valence-corrected chi connectivity index (χ2v) is 6.21. The number of amides is 1. The minimum atomic E-state index is -0.295. The van der Waals surface area contributed by atoms with Gasteiger partial charge in [0.1, 0.15) is 0 Å². The van der Waals surface area contributed by atoms with Crippen molar-refractivity contribution < 1.29 is 19.4 Å². The molecule has 0 bridgehead atoms. The molecule has 7 heteroatoms. The number of hydrogen-bond donors (Lipinski definition) is 2. The number of carbonyl (C=O) groups is 1. The summed E-state index contributed by atoms with van der Waals surface area (Å²) in [5.74, 6) is 0.149. The van der Waals surface area contributed by atoms with Crippen molar-refractivity contribution in [1.82, 2.24) is 5.43 Å². The van der Waals surface area contributed by atoms with Gasteiger partial charge >= 0.3 is 0 Å². The number of methoxy groups -OCH3 is 2. The number of hydrazone groups is 1. The van der Waals surface area contributed by atoms with Crippen LogP contribution in [0, 0.1) is 0 Å². The van der Waals surface area contributed by atoms with Gasteiger partial charge in [0.25, 0.3) is 5.91 Å². The van der Waals surface area contributed by atoms with Gasteiger partial charge in [-0.25, -0.2) is 5.43 Å². The molecule has 0 saturated carbocycles. The molecule has 2 aromatic carbocycles. The van der Waals surface area contributed by atoms with Crippen LogP contribution >= 0.6 is 0 Å². The maximum Gasteiger partial charge on any atom is 0.271 e. The molecule has 3 rings (SSSR count). The van der Waals surface area contributed by atoms with Crippen LogP contribution in [-0.2, 0) is 0 Å². The zero-order valence-electron chi connectivity index (χ0n) is 15.4. The molecule has 2 aromatic rings. The highest BCUT2D eigenvalue weighted by atomic mass is 16.5. The fourth-order valence-electron chi connectivity index (χ4n) is 3.02. The Balaban J connectivity index is 1.64. The first-order valence-electron chi connectivity index (χ1n) is 8.76. The van der Waals surface area contributed by atoms with E-state index >= 15 is 0 Å². The topological polar surface area (TPSA) is 83.4 Å². The van der Waals surface area contributed by atoms with Gasteiger partial charge in [-0.1, -0.05) is 0 Å². The van der Waals surface area contributed by atoms with Crippen LogP contribution in [0.15, 0.2) is 41.5 Å². The maximum atomic E-state index is 12.2. The molecule has 1 aliphatic heterocycles. The van der Waals surface area contributed by atoms with Gasteiger partial charge in [-0.2, -0.15) is 5.10 Å². The van der Waals surface area contributed by atoms with E-state index in [1.807, 2.05) is 12.1 Å². The number of aromatic hydroxyl groups is 1. The Kier molecular flexibility index (Phi) is 5.80. The third kappa shape index (κ3) is 4.31. The van der Waals surface area contributed by atoms with Gasteiger partial charge in [0.2, 0.25) is 5.75 Å². The number of nitrogens with one attached hydrogen (secondary N) is 1. The lowest BCUT2D eigenvalue weighted by Gasteiger charge is -2.17. The Morgan fingerprint density at radius 2 is 1.70 bits per heavy atom. The number of anilines is 1. The van der Waals surface area contributed by atoms with Crippen molar-refractivity contribution in [1.29, 1.82) is 0 Å². The molecule has 27 heavy (non-hydrogen) atoms. The summed E-state index contributed by atoms with van der Waals surface area (Å²) in [5.41, 5.74) is 4.79. The summed E-state index contributed by atoms with van der Waals surface area (Å²) in [6.07, 6.45) is 3.88. The minimum absolute atomic E-state index is 0.0840. The first-order chi connectivity index (χ1) is 13.1. The molecule has 1 aliphatic rings. The Bertz CT molecular complexity index is 803. The van der Waals surface area contributed by atoms with Crippen LogP contribution in [0.5, 0.6) is 17.2 Å². The lowest BCUT2D eigenvalue weighted by atomic mass is 10.2. The molecule has 2 N–H and O–H groups in total. The molecular formula is C20H23N3O4. The van der Waals surface area contributed by atoms with E-state index in [2.05, 4.69) is 15.4 Å². The molecule has 0 atom stereocenters. The van der Waals surface area contributed by atoms with Crippen LogP contribution in [0.1, 0.15) is 28.8 Å². The molecule has 142 valence electrons. The monoisotopic (exact) mass is 369 g/mol. The zero-order chi connectivity index (χ0) is 19.2. The van der Waals surface area contributed by atoms with E-state index in [0.717, 1.165) is 18.8 Å². The van der Waals surface area contributed by atoms with Crippen molar-refractivity contribution in [2.24, 2.45) is 5.10 Å². The predicted octanol–water partition coefficient (Wildman–Crippen LogP) is 2.77. The van der Waals surface area contributed by atoms with E-state index in [9.17, 15) is 9.90 Å². The number of phenols is 1. The van der Waals surface area contributed by atoms with Crippen LogP contribution in [0.4, 0.5) is 5.69 Å². The summed E-state index contributed by atoms with van der Waals surface area (Å²) in [6.45, 7) is 2.13. The molecule has 0 spiro atoms. The highest BCUT2D eigenvalue weighted by Gasteiger charge is 2.13. The van der Waals surface area contributed by atoms with Crippen LogP contribution in [-0.4, -0.2) is 44.5 Å². The van der Waals surface area contributed by atoms with Crippen molar-refractivity contribution in [3.63, 3.8) is 0 Å². The summed E-state index contributed by atoms with van der Waals surface area (Å²) in [6, 6.07) is 10.7. The van der Waals surface area contributed by atoms with Crippen LogP contribution in [0.2, 0.25) is 0 Å². The van der Waals surface area contributed by atoms with Gasteiger partial charge in [-0.3, -0.25) is 4.79 Å². The fraction of sp³-hybridized carbons (Fsp3) is 0.300. The standard InChI is InChI=1S/C20H23N3O4/c1-26-17-11-14(12-18(27-2)19(17)24)13-21-22-20(25)15-5-7-16(8-6-15)23-9-3-4-10-23/h5-8,11-13,24H,3-4,9-10H2,1-2H3,(H,22,25)/b21-13+. The van der Waals surface area contributed by atoms with Crippen LogP contribution in [0.3, 0.4) is 0 Å². The molecule has 0 aromatic heterocycles. The largest absolute Gasteiger partial charge is 0.502 e. The minimum Gasteiger partial charge on any atom is -0.502 e. The molecular weight excluding hydrogens is 346 g/mol. The smallest absolute Gasteiger partial charge is 0.271 e. The number of benzene rings is 2. The Morgan fingerprint density at radius 3 is 2.26 bits per heavy atom. The van der Waals surface area contributed by atoms with Gasteiger partial charge in [0, 0.05) is 29.9 Å². The SMILES string of the molecule is COc1cc(/C=N/NC(=O)c2ccc(N3CCCC3)cc2)cc(OC)c1O. The number of phenolic OH excluding ortho intramolecular Hbond substituents is 1. The predicted molar refractivity (Wildman–Crippen MR) is 104 cm³/mol. The number of carbonyl (C=O) groups excluding carboxylic acids is 1. The van der Waals surface area contributed by atoms with Gasteiger partial charge in [0.05, 0.1) is 20.4 Å². The quantitative estimate of drug-likeness (QED) is 0.604. The highest BCUT2D eigenvalue weighted by Crippen LogP contribution is 2.36. The van der Waals surface area contributed by atoms with Crippen LogP contribution < -0.4 is 19.8 Å². The molecule has 7 nitrogen and oxygen atoms in total. The molecule has 1 heterocycles. The van der Waals surface area contributed by atoms with Crippen LogP contribution in [0.25, 0.3) is 0 Å². The van der Waals surface area contributed by atoms with E-state index in [0.29, 0.717) is 11.1 Å². The Morgan fingerprint density at radius 1 is 1.11 bits per heavy atom. The molecule has 1 saturated heterocycles. The third-order valence-electron chi connectivity index (χ3n) is 4.48. The van der Waals surface area contributed by atoms with Crippen molar-refractivity contribution in [3.05, 3.63) is 47.5 Å².